The van der Waals surface area contributed by atoms with Crippen molar-refractivity contribution >= 4 is 11.7 Å². The molecule has 2 heterocycles. The van der Waals surface area contributed by atoms with Gasteiger partial charge in [0.15, 0.2) is 23.0 Å². The molecule has 31 heavy (non-hydrogen) atoms. The predicted molar refractivity (Wildman–Crippen MR) is 107 cm³/mol. The van der Waals surface area contributed by atoms with Crippen LogP contribution in [0, 0.1) is 38.9 Å². The lowest BCUT2D eigenvalue weighted by Gasteiger charge is -2.46. The highest BCUT2D eigenvalue weighted by atomic mass is 16.5. The van der Waals surface area contributed by atoms with E-state index in [0.29, 0.717) is 47.0 Å². The number of carbonyl (C=O) groups excluding carboxylic acids is 1. The number of ether oxygens (including phenoxy) is 4. The Hall–Kier alpha value is -3.72. The van der Waals surface area contributed by atoms with Crippen LogP contribution >= 0.6 is 0 Å². The van der Waals surface area contributed by atoms with Crippen molar-refractivity contribution in [3.63, 3.8) is 0 Å². The molecule has 3 unspecified atom stereocenters. The molecule has 1 amide bonds. The number of methoxy groups -OCH3 is 3. The van der Waals surface area contributed by atoms with E-state index in [1.165, 1.54) is 21.3 Å². The molecule has 1 aromatic carbocycles. The average molecular weight is 422 g/mol. The summed E-state index contributed by atoms with van der Waals surface area (Å²) in [4.78, 5) is 13.2. The van der Waals surface area contributed by atoms with E-state index in [9.17, 15) is 15.3 Å². The van der Waals surface area contributed by atoms with Gasteiger partial charge in [0.1, 0.15) is 5.84 Å². The first-order valence-electron chi connectivity index (χ1n) is 9.87. The first kappa shape index (κ1) is 20.5. The van der Waals surface area contributed by atoms with Gasteiger partial charge in [0.05, 0.1) is 39.2 Å². The molecular formula is C22H22N4O5. The molecule has 3 atom stereocenters. The van der Waals surface area contributed by atoms with E-state index >= 15 is 0 Å². The summed E-state index contributed by atoms with van der Waals surface area (Å²) in [6.07, 6.45) is 1.57. The number of allylic oxidation sites excluding steroid dienone is 1. The van der Waals surface area contributed by atoms with Crippen LogP contribution in [0.15, 0.2) is 23.5 Å². The molecule has 9 nitrogen and oxygen atoms in total. The summed E-state index contributed by atoms with van der Waals surface area (Å²) in [5.41, 5.74) is -2.75. The third-order valence-corrected chi connectivity index (χ3v) is 6.42. The molecule has 1 aromatic rings. The minimum Gasteiger partial charge on any atom is -0.493 e. The Labute approximate surface area is 179 Å². The molecule has 0 spiro atoms. The van der Waals surface area contributed by atoms with Crippen LogP contribution in [0.3, 0.4) is 0 Å². The quantitative estimate of drug-likeness (QED) is 0.761. The van der Waals surface area contributed by atoms with Crippen LogP contribution in [0.1, 0.15) is 37.4 Å². The maximum atomic E-state index is 13.2. The highest BCUT2D eigenvalue weighted by Gasteiger charge is 2.74. The van der Waals surface area contributed by atoms with Crippen molar-refractivity contribution in [1.82, 2.24) is 5.32 Å². The lowest BCUT2D eigenvalue weighted by atomic mass is 9.55. The molecule has 2 aliphatic heterocycles. The fourth-order valence-corrected chi connectivity index (χ4v) is 4.99. The summed E-state index contributed by atoms with van der Waals surface area (Å²) in [6.45, 7) is 0. The van der Waals surface area contributed by atoms with Crippen LogP contribution in [0.4, 0.5) is 0 Å². The maximum absolute atomic E-state index is 13.2. The lowest BCUT2D eigenvalue weighted by Crippen LogP contribution is -2.52. The van der Waals surface area contributed by atoms with E-state index in [2.05, 4.69) is 17.5 Å². The topological polar surface area (TPSA) is 137 Å². The largest absolute Gasteiger partial charge is 0.493 e. The van der Waals surface area contributed by atoms with Gasteiger partial charge in [0, 0.05) is 12.0 Å². The fourth-order valence-electron chi connectivity index (χ4n) is 4.99. The molecule has 0 aromatic heterocycles. The number of amidine groups is 1. The van der Waals surface area contributed by atoms with E-state index in [-0.39, 0.29) is 5.84 Å². The number of hydrogen-bond donors (Lipinski definition) is 2. The van der Waals surface area contributed by atoms with Crippen LogP contribution in [-0.4, -0.2) is 33.1 Å². The van der Waals surface area contributed by atoms with Crippen LogP contribution in [0.2, 0.25) is 0 Å². The van der Waals surface area contributed by atoms with E-state index in [1.807, 2.05) is 0 Å². The van der Waals surface area contributed by atoms with Crippen LogP contribution in [-0.2, 0) is 9.53 Å². The molecule has 9 heteroatoms. The molecular weight excluding hydrogens is 400 g/mol. The molecule has 1 fully saturated rings. The van der Waals surface area contributed by atoms with E-state index in [0.717, 1.165) is 12.8 Å². The van der Waals surface area contributed by atoms with E-state index < -0.39 is 22.8 Å². The Kier molecular flexibility index (Phi) is 4.78. The monoisotopic (exact) mass is 422 g/mol. The Morgan fingerprint density at radius 2 is 1.74 bits per heavy atom. The minimum absolute atomic E-state index is 0.281. The van der Waals surface area contributed by atoms with Crippen molar-refractivity contribution in [1.29, 1.82) is 15.9 Å². The molecule has 1 saturated heterocycles. The number of benzene rings is 1. The zero-order valence-corrected chi connectivity index (χ0v) is 17.5. The molecule has 0 radical (unpaired) electrons. The zero-order chi connectivity index (χ0) is 22.4. The van der Waals surface area contributed by atoms with Crippen LogP contribution in [0.25, 0.3) is 0 Å². The van der Waals surface area contributed by atoms with Gasteiger partial charge < -0.3 is 24.3 Å². The summed E-state index contributed by atoms with van der Waals surface area (Å²) in [5.74, 6) is 0.567. The van der Waals surface area contributed by atoms with Crippen molar-refractivity contribution in [2.24, 2.45) is 10.8 Å². The average Bonchev–Trinajstić information content (AvgIpc) is 3.04. The lowest BCUT2D eigenvalue weighted by molar-refractivity contribution is -0.136. The molecule has 4 rings (SSSR count). The zero-order valence-electron chi connectivity index (χ0n) is 17.5. The molecule has 0 bridgehead atoms. The van der Waals surface area contributed by atoms with Crippen molar-refractivity contribution in [3.05, 3.63) is 29.0 Å². The van der Waals surface area contributed by atoms with Crippen molar-refractivity contribution in [3.8, 4) is 29.4 Å². The normalized spacial score (nSPS) is 29.0. The second-order valence-corrected chi connectivity index (χ2v) is 7.68. The standard InChI is InChI=1S/C22H22N4O5/c1-28-15-8-12(9-16(29-2)17(15)30-3)18-22(11-24)20(27)26-19(25)21(22,10-23)13-6-4-5-7-14(13)31-18/h8-9,18H,4-7H2,1-3H3,(H2,25,26,27). The Morgan fingerprint density at radius 1 is 1.10 bits per heavy atom. The summed E-state index contributed by atoms with van der Waals surface area (Å²) in [5, 5.41) is 31.7. The highest BCUT2D eigenvalue weighted by Crippen LogP contribution is 2.63. The van der Waals surface area contributed by atoms with Crippen molar-refractivity contribution < 1.29 is 23.7 Å². The highest BCUT2D eigenvalue weighted by molar-refractivity contribution is 6.16. The molecule has 3 aliphatic rings. The van der Waals surface area contributed by atoms with Crippen molar-refractivity contribution in [2.45, 2.75) is 31.8 Å². The van der Waals surface area contributed by atoms with Crippen LogP contribution in [0.5, 0.6) is 17.2 Å². The third-order valence-electron chi connectivity index (χ3n) is 6.42. The second-order valence-electron chi connectivity index (χ2n) is 7.68. The fraction of sp³-hybridized carbons (Fsp3) is 0.455. The number of nitrogens with zero attached hydrogens (tertiary/aromatic N) is 2. The molecule has 2 N–H and O–H groups in total. The van der Waals surface area contributed by atoms with Gasteiger partial charge >= 0.3 is 0 Å². The second kappa shape index (κ2) is 7.21. The summed E-state index contributed by atoms with van der Waals surface area (Å²) in [6, 6.07) is 7.48. The number of rotatable bonds is 4. The Balaban J connectivity index is 2.04. The molecule has 160 valence electrons. The van der Waals surface area contributed by atoms with E-state index in [1.54, 1.807) is 12.1 Å². The van der Waals surface area contributed by atoms with Gasteiger partial charge in [-0.3, -0.25) is 10.2 Å². The van der Waals surface area contributed by atoms with Gasteiger partial charge in [-0.05, 0) is 37.0 Å². The summed E-state index contributed by atoms with van der Waals surface area (Å²) < 4.78 is 22.5. The number of nitrogens with one attached hydrogen (secondary N) is 2. The van der Waals surface area contributed by atoms with Gasteiger partial charge in [0.2, 0.25) is 11.2 Å². The Bertz CT molecular complexity index is 1070. The number of carbonyl (C=O) groups is 1. The van der Waals surface area contributed by atoms with Gasteiger partial charge in [-0.2, -0.15) is 10.5 Å². The smallest absolute Gasteiger partial charge is 0.252 e. The van der Waals surface area contributed by atoms with Gasteiger partial charge in [-0.1, -0.05) is 0 Å². The van der Waals surface area contributed by atoms with Gasteiger partial charge in [0.25, 0.3) is 5.91 Å². The molecule has 0 saturated carbocycles. The summed E-state index contributed by atoms with van der Waals surface area (Å²) in [7, 11) is 4.39. The first-order valence-corrected chi connectivity index (χ1v) is 9.87. The minimum atomic E-state index is -1.97. The van der Waals surface area contributed by atoms with Gasteiger partial charge in [-0.15, -0.1) is 0 Å². The first-order chi connectivity index (χ1) is 14.9. The SMILES string of the molecule is COc1cc(C2OC3=C(CCCC3)C3(C#N)C(=N)NC(=O)C23C#N)cc(OC)c1OC. The number of hydrogen-bond acceptors (Lipinski definition) is 8. The van der Waals surface area contributed by atoms with E-state index in [4.69, 9.17) is 24.4 Å². The number of nitriles is 2. The van der Waals surface area contributed by atoms with Crippen LogP contribution < -0.4 is 19.5 Å². The third kappa shape index (κ3) is 2.40. The van der Waals surface area contributed by atoms with Crippen molar-refractivity contribution in [2.75, 3.05) is 21.3 Å². The summed E-state index contributed by atoms with van der Waals surface area (Å²) >= 11 is 0. The maximum Gasteiger partial charge on any atom is 0.252 e. The Morgan fingerprint density at radius 3 is 2.29 bits per heavy atom. The van der Waals surface area contributed by atoms with Gasteiger partial charge in [-0.25, -0.2) is 0 Å². The molecule has 1 aliphatic carbocycles. The number of amides is 1. The predicted octanol–water partition coefficient (Wildman–Crippen LogP) is 2.74. The number of fused-ring (bicyclic) bond motifs is 2.